The molecule has 0 bridgehead atoms. The van der Waals surface area contributed by atoms with Crippen molar-refractivity contribution in [2.45, 2.75) is 136 Å². The Labute approximate surface area is 536 Å². The summed E-state index contributed by atoms with van der Waals surface area (Å²) < 4.78 is 2.57. The Morgan fingerprint density at radius 3 is 1.24 bits per heavy atom. The molecule has 14 rings (SSSR count). The van der Waals surface area contributed by atoms with Gasteiger partial charge in [-0.15, -0.1) is 0 Å². The summed E-state index contributed by atoms with van der Waals surface area (Å²) in [5.41, 5.74) is 28.7. The van der Waals surface area contributed by atoms with E-state index in [1.165, 1.54) is 139 Å². The van der Waals surface area contributed by atoms with Crippen LogP contribution in [0.4, 0.5) is 17.1 Å². The fourth-order valence-corrected chi connectivity index (χ4v) is 14.8. The van der Waals surface area contributed by atoms with Crippen LogP contribution < -0.4 is 21.3 Å². The van der Waals surface area contributed by atoms with E-state index < -0.39 is 5.41 Å². The van der Waals surface area contributed by atoms with Crippen LogP contribution in [-0.2, 0) is 32.5 Å². The van der Waals surface area contributed by atoms with E-state index in [2.05, 4.69) is 356 Å². The second-order valence-electron chi connectivity index (χ2n) is 31.0. The zero-order valence-corrected chi connectivity index (χ0v) is 55.6. The lowest BCUT2D eigenvalue weighted by molar-refractivity contribution is 0.569. The number of hydrogen-bond acceptors (Lipinski definition) is 1. The molecule has 3 heteroatoms. The average molecular weight is 1170 g/mol. The number of anilines is 3. The minimum absolute atomic E-state index is 0.0234. The zero-order chi connectivity index (χ0) is 63.0. The predicted molar refractivity (Wildman–Crippen MR) is 388 cm³/mol. The molecule has 90 heavy (non-hydrogen) atoms. The fraction of sp³-hybridized carbons (Fsp3) is 0.241. The van der Waals surface area contributed by atoms with E-state index in [9.17, 15) is 0 Å². The number of hydrogen-bond donors (Lipinski definition) is 0. The predicted octanol–water partition coefficient (Wildman–Crippen LogP) is 21.3. The van der Waals surface area contributed by atoms with E-state index in [4.69, 9.17) is 0 Å². The van der Waals surface area contributed by atoms with Crippen LogP contribution in [-0.4, -0.2) is 11.3 Å². The van der Waals surface area contributed by atoms with Crippen LogP contribution in [0.25, 0.3) is 60.9 Å². The van der Waals surface area contributed by atoms with Gasteiger partial charge >= 0.3 is 0 Å². The molecule has 0 unspecified atom stereocenters. The highest BCUT2D eigenvalue weighted by atomic mass is 15.2. The zero-order valence-electron chi connectivity index (χ0n) is 55.6. The molecule has 0 spiro atoms. The van der Waals surface area contributed by atoms with Crippen molar-refractivity contribution < 1.29 is 0 Å². The summed E-state index contributed by atoms with van der Waals surface area (Å²) in [6.45, 7) is 35.2. The highest BCUT2D eigenvalue weighted by molar-refractivity contribution is 6.99. The van der Waals surface area contributed by atoms with Gasteiger partial charge in [0, 0.05) is 39.0 Å². The lowest BCUT2D eigenvalue weighted by Gasteiger charge is -2.49. The van der Waals surface area contributed by atoms with Gasteiger partial charge in [-0.1, -0.05) is 303 Å². The molecule has 0 aliphatic carbocycles. The first kappa shape index (κ1) is 58.7. The second kappa shape index (κ2) is 21.1. The number of rotatable bonds is 7. The van der Waals surface area contributed by atoms with E-state index in [1.807, 2.05) is 0 Å². The molecule has 0 N–H and O–H groups in total. The molecule has 0 fully saturated rings. The minimum atomic E-state index is -0.783. The topological polar surface area (TPSA) is 8.17 Å². The van der Waals surface area contributed by atoms with Crippen molar-refractivity contribution in [2.75, 3.05) is 4.90 Å². The first-order valence-electron chi connectivity index (χ1n) is 32.7. The van der Waals surface area contributed by atoms with Gasteiger partial charge < -0.3 is 9.47 Å². The number of fused-ring (bicyclic) bond motifs is 7. The van der Waals surface area contributed by atoms with Crippen LogP contribution in [0, 0.1) is 0 Å². The highest BCUT2D eigenvalue weighted by Gasteiger charge is 2.53. The molecule has 2 nitrogen and oxygen atoms in total. The fourth-order valence-electron chi connectivity index (χ4n) is 14.8. The lowest BCUT2D eigenvalue weighted by Crippen LogP contribution is -2.65. The van der Waals surface area contributed by atoms with Crippen LogP contribution in [0.1, 0.15) is 154 Å². The van der Waals surface area contributed by atoms with Crippen molar-refractivity contribution >= 4 is 62.0 Å². The Morgan fingerprint density at radius 1 is 0.311 bits per heavy atom. The number of para-hydroxylation sites is 1. The van der Waals surface area contributed by atoms with Crippen LogP contribution in [0.5, 0.6) is 0 Å². The largest absolute Gasteiger partial charge is 0.310 e. The Kier molecular flexibility index (Phi) is 13.8. The third-order valence-corrected chi connectivity index (χ3v) is 19.9. The maximum atomic E-state index is 2.72. The van der Waals surface area contributed by atoms with Gasteiger partial charge in [0.05, 0.1) is 22.1 Å². The molecular weight excluding hydrogens is 1080 g/mol. The summed E-state index contributed by atoms with van der Waals surface area (Å²) >= 11 is 0. The van der Waals surface area contributed by atoms with Gasteiger partial charge in [0.15, 0.2) is 0 Å². The van der Waals surface area contributed by atoms with Crippen molar-refractivity contribution in [2.24, 2.45) is 0 Å². The van der Waals surface area contributed by atoms with Gasteiger partial charge in [-0.2, -0.15) is 0 Å². The van der Waals surface area contributed by atoms with Gasteiger partial charge in [-0.3, -0.25) is 0 Å². The Bertz CT molecular complexity index is 4560. The summed E-state index contributed by atoms with van der Waals surface area (Å²) in [5, 5.41) is 2.57. The third-order valence-electron chi connectivity index (χ3n) is 19.9. The number of aromatic nitrogens is 1. The molecule has 2 aliphatic heterocycles. The molecule has 0 atom stereocenters. The van der Waals surface area contributed by atoms with Gasteiger partial charge in [0.2, 0.25) is 6.71 Å². The molecule has 1 aromatic heterocycles. The van der Waals surface area contributed by atoms with Crippen LogP contribution in [0.2, 0.25) is 0 Å². The van der Waals surface area contributed by atoms with Crippen molar-refractivity contribution in [3.8, 4) is 39.1 Å². The molecule has 0 saturated heterocycles. The highest BCUT2D eigenvalue weighted by Crippen LogP contribution is 2.54. The average Bonchev–Trinajstić information content (AvgIpc) is 0.733. The van der Waals surface area contributed by atoms with Crippen LogP contribution in [0.15, 0.2) is 243 Å². The van der Waals surface area contributed by atoms with Crippen LogP contribution in [0.3, 0.4) is 0 Å². The van der Waals surface area contributed by atoms with E-state index in [1.54, 1.807) is 0 Å². The van der Waals surface area contributed by atoms with Gasteiger partial charge in [-0.25, -0.2) is 0 Å². The summed E-state index contributed by atoms with van der Waals surface area (Å²) in [6.07, 6.45) is 0. The summed E-state index contributed by atoms with van der Waals surface area (Å²) in [7, 11) is 0. The summed E-state index contributed by atoms with van der Waals surface area (Å²) in [5.74, 6) is 0. The van der Waals surface area contributed by atoms with E-state index in [0.717, 1.165) is 5.69 Å². The van der Waals surface area contributed by atoms with Gasteiger partial charge in [0.25, 0.3) is 0 Å². The molecule has 0 radical (unpaired) electrons. The molecule has 0 saturated carbocycles. The Morgan fingerprint density at radius 2 is 0.767 bits per heavy atom. The van der Waals surface area contributed by atoms with Crippen molar-refractivity contribution in [1.82, 2.24) is 4.57 Å². The molecule has 0 amide bonds. The lowest BCUT2D eigenvalue weighted by atomic mass is 9.29. The molecule has 3 heterocycles. The summed E-state index contributed by atoms with van der Waals surface area (Å²) in [6, 6.07) is 94.4. The SMILES string of the molecule is CC(C)(C)c1cc(-c2ccc3c(c2)N(c2c(-c4ccccc4)cccc2-c2ccccc2)c2cc(C(C)(C)C)cc4c2B3c2ccc(-n3c5ccc(C(C)(C)C)cc5c5cc(C(C)(C)C)ccc53)cc2C4(c2ccccc2)c2ccccc2)cc(C(C)(C)C)c1. The quantitative estimate of drug-likeness (QED) is 0.144. The molecule has 2 aliphatic rings. The first-order chi connectivity index (χ1) is 42.8. The number of benzene rings is 11. The normalized spacial score (nSPS) is 14.0. The molecule has 12 aromatic rings. The van der Waals surface area contributed by atoms with Crippen molar-refractivity contribution in [1.29, 1.82) is 0 Å². The number of nitrogens with zero attached hydrogens (tertiary/aromatic N) is 2. The first-order valence-corrected chi connectivity index (χ1v) is 32.7. The molecular formula is C87H85BN2. The Hall–Kier alpha value is -8.92. The van der Waals surface area contributed by atoms with Gasteiger partial charge in [0.1, 0.15) is 0 Å². The second-order valence-corrected chi connectivity index (χ2v) is 31.0. The van der Waals surface area contributed by atoms with E-state index in [-0.39, 0.29) is 33.8 Å². The van der Waals surface area contributed by atoms with Crippen LogP contribution >= 0.6 is 0 Å². The van der Waals surface area contributed by atoms with Gasteiger partial charge in [-0.05, 0) is 159 Å². The summed E-state index contributed by atoms with van der Waals surface area (Å²) in [4.78, 5) is 2.72. The third kappa shape index (κ3) is 9.69. The van der Waals surface area contributed by atoms with Crippen molar-refractivity contribution in [3.05, 3.63) is 293 Å². The maximum Gasteiger partial charge on any atom is 0.247 e. The molecule has 446 valence electrons. The monoisotopic (exact) mass is 1170 g/mol. The standard InChI is InChI=1S/C87H85BN2/c1-82(2,3)62-40-45-76-70(51-62)71-52-63(83(4,5)6)41-46-77(71)89(76)67-42-44-74-72(55-67)87(60-33-24-18-25-34-60,61-35-26-19-27-36-61)73-53-66(86(13,14)15)54-79-80(73)88(74)75-43-39-58(59-47-64(84(7,8)9)50-65(48-59)85(10,11)12)49-78(75)90(79)81-68(56-29-20-16-21-30-56)37-28-38-69(81)57-31-22-17-23-32-57/h16-55H,1-15H3. The smallest absolute Gasteiger partial charge is 0.247 e. The minimum Gasteiger partial charge on any atom is -0.310 e. The maximum absolute atomic E-state index is 2.72. The van der Waals surface area contributed by atoms with E-state index >= 15 is 0 Å². The molecule has 11 aromatic carbocycles. The van der Waals surface area contributed by atoms with Crippen molar-refractivity contribution in [3.63, 3.8) is 0 Å². The Balaban J connectivity index is 1.16. The van der Waals surface area contributed by atoms with E-state index in [0.29, 0.717) is 0 Å².